The number of fused-ring (bicyclic) bond motifs is 1. The molecule has 0 aliphatic carbocycles. The number of likely N-dealkylation sites (tertiary alicyclic amines) is 1. The highest BCUT2D eigenvalue weighted by Gasteiger charge is 2.34. The second kappa shape index (κ2) is 6.92. The Bertz CT molecular complexity index is 1120. The smallest absolute Gasteiger partial charge is 0.257 e. The summed E-state index contributed by atoms with van der Waals surface area (Å²) in [6.45, 7) is 1.36. The van der Waals surface area contributed by atoms with Crippen LogP contribution in [-0.4, -0.2) is 41.7 Å². The molecule has 4 aromatic rings. The van der Waals surface area contributed by atoms with Crippen LogP contribution in [0.15, 0.2) is 67.1 Å². The molecule has 7 heteroatoms. The number of carbonyl (C=O) groups is 1. The molecule has 0 unspecified atom stereocenters. The molecule has 5 rings (SSSR count). The van der Waals surface area contributed by atoms with Crippen molar-refractivity contribution in [2.75, 3.05) is 6.54 Å². The fourth-order valence-corrected chi connectivity index (χ4v) is 3.86. The predicted molar refractivity (Wildman–Crippen MR) is 104 cm³/mol. The summed E-state index contributed by atoms with van der Waals surface area (Å²) >= 11 is 0. The molecule has 0 spiro atoms. The van der Waals surface area contributed by atoms with Crippen molar-refractivity contribution in [3.8, 4) is 0 Å². The van der Waals surface area contributed by atoms with Crippen LogP contribution in [0, 0.1) is 0 Å². The zero-order chi connectivity index (χ0) is 18.9. The molecule has 0 saturated carbocycles. The minimum absolute atomic E-state index is 0.00510. The zero-order valence-corrected chi connectivity index (χ0v) is 15.3. The molecule has 4 heterocycles. The van der Waals surface area contributed by atoms with Gasteiger partial charge in [-0.1, -0.05) is 36.4 Å². The standard InChI is InChI=1S/C21H20N6O/c28-21(17-13-22-25(15-17)14-16-7-2-1-3-8-16)26-12-6-9-18(26)20-24-23-19-10-4-5-11-27(19)20/h1-5,7-8,10-11,13,15,18H,6,9,12,14H2/t18-/m0/s1. The van der Waals surface area contributed by atoms with E-state index in [1.54, 1.807) is 10.9 Å². The maximum Gasteiger partial charge on any atom is 0.257 e. The Balaban J connectivity index is 1.39. The molecule has 1 atom stereocenters. The number of pyridine rings is 1. The van der Waals surface area contributed by atoms with Crippen LogP contribution < -0.4 is 0 Å². The number of carbonyl (C=O) groups excluding carboxylic acids is 1. The van der Waals surface area contributed by atoms with Crippen molar-refractivity contribution in [3.05, 3.63) is 84.1 Å². The number of aromatic nitrogens is 5. The number of hydrogen-bond acceptors (Lipinski definition) is 4. The molecule has 1 aliphatic rings. The molecule has 0 N–H and O–H groups in total. The van der Waals surface area contributed by atoms with E-state index >= 15 is 0 Å². The molecule has 28 heavy (non-hydrogen) atoms. The summed E-state index contributed by atoms with van der Waals surface area (Å²) in [7, 11) is 0. The van der Waals surface area contributed by atoms with Crippen molar-refractivity contribution in [3.63, 3.8) is 0 Å². The predicted octanol–water partition coefficient (Wildman–Crippen LogP) is 2.95. The maximum atomic E-state index is 13.2. The van der Waals surface area contributed by atoms with Gasteiger partial charge in [0.1, 0.15) is 0 Å². The lowest BCUT2D eigenvalue weighted by Gasteiger charge is -2.22. The number of nitrogens with zero attached hydrogens (tertiary/aromatic N) is 6. The molecular weight excluding hydrogens is 352 g/mol. The van der Waals surface area contributed by atoms with Crippen molar-refractivity contribution in [1.29, 1.82) is 0 Å². The van der Waals surface area contributed by atoms with Gasteiger partial charge in [-0.05, 0) is 30.5 Å². The molecule has 1 aliphatic heterocycles. The quantitative estimate of drug-likeness (QED) is 0.552. The van der Waals surface area contributed by atoms with Gasteiger partial charge in [0.05, 0.1) is 24.3 Å². The van der Waals surface area contributed by atoms with E-state index in [1.165, 1.54) is 0 Å². The molecule has 1 aromatic carbocycles. The van der Waals surface area contributed by atoms with Gasteiger partial charge in [0.25, 0.3) is 5.91 Å². The Morgan fingerprint density at radius 3 is 2.82 bits per heavy atom. The van der Waals surface area contributed by atoms with Crippen LogP contribution in [0.3, 0.4) is 0 Å². The highest BCUT2D eigenvalue weighted by Crippen LogP contribution is 2.32. The van der Waals surface area contributed by atoms with Crippen LogP contribution in [-0.2, 0) is 6.54 Å². The number of hydrogen-bond donors (Lipinski definition) is 0. The van der Waals surface area contributed by atoms with Gasteiger partial charge in [0.2, 0.25) is 0 Å². The van der Waals surface area contributed by atoms with Gasteiger partial charge in [-0.2, -0.15) is 5.10 Å². The number of amides is 1. The van der Waals surface area contributed by atoms with E-state index in [0.29, 0.717) is 12.1 Å². The van der Waals surface area contributed by atoms with E-state index in [9.17, 15) is 4.79 Å². The van der Waals surface area contributed by atoms with Gasteiger partial charge >= 0.3 is 0 Å². The van der Waals surface area contributed by atoms with Crippen molar-refractivity contribution in [2.24, 2.45) is 0 Å². The summed E-state index contributed by atoms with van der Waals surface area (Å²) in [5.74, 6) is 0.813. The summed E-state index contributed by atoms with van der Waals surface area (Å²) in [4.78, 5) is 15.1. The van der Waals surface area contributed by atoms with Gasteiger partial charge < -0.3 is 4.90 Å². The average molecular weight is 372 g/mol. The summed E-state index contributed by atoms with van der Waals surface area (Å²) in [6.07, 6.45) is 7.27. The maximum absolute atomic E-state index is 13.2. The Labute approximate surface area is 162 Å². The third-order valence-corrected chi connectivity index (χ3v) is 5.22. The summed E-state index contributed by atoms with van der Waals surface area (Å²) in [5.41, 5.74) is 2.56. The molecule has 1 fully saturated rings. The Morgan fingerprint density at radius 2 is 1.93 bits per heavy atom. The van der Waals surface area contributed by atoms with Gasteiger partial charge in [-0.3, -0.25) is 13.9 Å². The minimum Gasteiger partial charge on any atom is -0.328 e. The highest BCUT2D eigenvalue weighted by molar-refractivity contribution is 5.94. The van der Waals surface area contributed by atoms with E-state index in [1.807, 2.05) is 58.1 Å². The van der Waals surface area contributed by atoms with Crippen LogP contribution >= 0.6 is 0 Å². The second-order valence-corrected chi connectivity index (χ2v) is 7.06. The largest absolute Gasteiger partial charge is 0.328 e. The lowest BCUT2D eigenvalue weighted by molar-refractivity contribution is 0.0729. The summed E-state index contributed by atoms with van der Waals surface area (Å²) in [5, 5.41) is 13.0. The van der Waals surface area contributed by atoms with Gasteiger partial charge in [0.15, 0.2) is 11.5 Å². The number of rotatable bonds is 4. The van der Waals surface area contributed by atoms with E-state index in [2.05, 4.69) is 27.4 Å². The molecule has 1 amide bonds. The fraction of sp³-hybridized carbons (Fsp3) is 0.238. The number of benzene rings is 1. The SMILES string of the molecule is O=C(c1cnn(Cc2ccccc2)c1)N1CCC[C@H]1c1nnc2ccccn12. The Morgan fingerprint density at radius 1 is 1.07 bits per heavy atom. The minimum atomic E-state index is -0.0672. The lowest BCUT2D eigenvalue weighted by Crippen LogP contribution is -2.31. The Kier molecular flexibility index (Phi) is 4.12. The van der Waals surface area contributed by atoms with E-state index in [-0.39, 0.29) is 11.9 Å². The fourth-order valence-electron chi connectivity index (χ4n) is 3.86. The second-order valence-electron chi connectivity index (χ2n) is 7.06. The molecular formula is C21H20N6O. The highest BCUT2D eigenvalue weighted by atomic mass is 16.2. The van der Waals surface area contributed by atoms with Crippen LogP contribution in [0.4, 0.5) is 0 Å². The van der Waals surface area contributed by atoms with Crippen molar-refractivity contribution >= 4 is 11.6 Å². The van der Waals surface area contributed by atoms with Crippen molar-refractivity contribution < 1.29 is 4.79 Å². The molecule has 3 aromatic heterocycles. The van der Waals surface area contributed by atoms with E-state index < -0.39 is 0 Å². The first-order chi connectivity index (χ1) is 13.8. The molecule has 0 radical (unpaired) electrons. The zero-order valence-electron chi connectivity index (χ0n) is 15.3. The summed E-state index contributed by atoms with van der Waals surface area (Å²) < 4.78 is 3.77. The van der Waals surface area contributed by atoms with Crippen LogP contribution in [0.25, 0.3) is 5.65 Å². The van der Waals surface area contributed by atoms with E-state index in [4.69, 9.17) is 0 Å². The monoisotopic (exact) mass is 372 g/mol. The normalized spacial score (nSPS) is 16.7. The first kappa shape index (κ1) is 16.7. The molecule has 140 valence electrons. The van der Waals surface area contributed by atoms with Crippen LogP contribution in [0.2, 0.25) is 0 Å². The van der Waals surface area contributed by atoms with E-state index in [0.717, 1.165) is 36.4 Å². The van der Waals surface area contributed by atoms with Gasteiger partial charge in [-0.15, -0.1) is 10.2 Å². The summed E-state index contributed by atoms with van der Waals surface area (Å²) in [6, 6.07) is 15.8. The van der Waals surface area contributed by atoms with Crippen molar-refractivity contribution in [1.82, 2.24) is 29.3 Å². The van der Waals surface area contributed by atoms with Gasteiger partial charge in [0, 0.05) is 18.9 Å². The van der Waals surface area contributed by atoms with Crippen molar-refractivity contribution in [2.45, 2.75) is 25.4 Å². The lowest BCUT2D eigenvalue weighted by atomic mass is 10.2. The van der Waals surface area contributed by atoms with Crippen LogP contribution in [0.1, 0.15) is 40.6 Å². The molecule has 1 saturated heterocycles. The molecule has 7 nitrogen and oxygen atoms in total. The topological polar surface area (TPSA) is 68.3 Å². The first-order valence-electron chi connectivity index (χ1n) is 9.46. The third-order valence-electron chi connectivity index (χ3n) is 5.22. The first-order valence-corrected chi connectivity index (χ1v) is 9.46. The average Bonchev–Trinajstić information content (AvgIpc) is 3.47. The van der Waals surface area contributed by atoms with Gasteiger partial charge in [-0.25, -0.2) is 0 Å². The van der Waals surface area contributed by atoms with Crippen LogP contribution in [0.5, 0.6) is 0 Å². The third kappa shape index (κ3) is 2.94. The molecule has 0 bridgehead atoms. The Hall–Kier alpha value is -3.48.